The number of anilines is 1. The molecular weight excluding hydrogens is 202 g/mol. The van der Waals surface area contributed by atoms with Crippen LogP contribution in [0.3, 0.4) is 0 Å². The molecule has 0 N–H and O–H groups in total. The maximum atomic E-state index is 2.28. The highest BCUT2D eigenvalue weighted by Crippen LogP contribution is 2.25. The number of rotatable bonds is 4. The monoisotopic (exact) mass is 223 g/mol. The fourth-order valence-electron chi connectivity index (χ4n) is 1.33. The summed E-state index contributed by atoms with van der Waals surface area (Å²) in [5.41, 5.74) is 1.29. The maximum absolute atomic E-state index is 2.28. The van der Waals surface area contributed by atoms with Gasteiger partial charge < -0.3 is 4.90 Å². The third-order valence-corrected chi connectivity index (χ3v) is 3.41. The van der Waals surface area contributed by atoms with Gasteiger partial charge >= 0.3 is 0 Å². The van der Waals surface area contributed by atoms with Gasteiger partial charge in [-0.25, -0.2) is 0 Å². The van der Waals surface area contributed by atoms with Gasteiger partial charge in [-0.15, -0.1) is 11.8 Å². The van der Waals surface area contributed by atoms with Crippen LogP contribution in [0.4, 0.5) is 5.69 Å². The summed E-state index contributed by atoms with van der Waals surface area (Å²) in [5.74, 6) is 0. The molecule has 0 atom stereocenters. The maximum Gasteiger partial charge on any atom is 0.0366 e. The van der Waals surface area contributed by atoms with E-state index in [2.05, 4.69) is 63.9 Å². The predicted octanol–water partition coefficient (Wildman–Crippen LogP) is 4.03. The van der Waals surface area contributed by atoms with Gasteiger partial charge in [0.15, 0.2) is 0 Å². The first-order valence-electron chi connectivity index (χ1n) is 5.50. The largest absolute Gasteiger partial charge is 0.372 e. The molecule has 0 bridgehead atoms. The highest BCUT2D eigenvalue weighted by atomic mass is 32.2. The molecule has 1 aromatic rings. The van der Waals surface area contributed by atoms with Crippen molar-refractivity contribution in [3.8, 4) is 0 Å². The smallest absolute Gasteiger partial charge is 0.0366 e. The molecule has 0 heterocycles. The van der Waals surface area contributed by atoms with Gasteiger partial charge in [0.1, 0.15) is 0 Å². The molecule has 0 aromatic heterocycles. The number of nitrogens with zero attached hydrogens (tertiary/aromatic N) is 1. The number of thioether (sulfide) groups is 1. The van der Waals surface area contributed by atoms with E-state index in [-0.39, 0.29) is 0 Å². The van der Waals surface area contributed by atoms with E-state index in [0.717, 1.165) is 0 Å². The minimum absolute atomic E-state index is 0.550. The second kappa shape index (κ2) is 5.45. The van der Waals surface area contributed by atoms with Crippen LogP contribution in [0.2, 0.25) is 0 Å². The fraction of sp³-hybridized carbons (Fsp3) is 0.538. The Kier molecular flexibility index (Phi) is 4.52. The molecule has 0 aliphatic carbocycles. The molecule has 0 unspecified atom stereocenters. The van der Waals surface area contributed by atoms with E-state index in [1.165, 1.54) is 10.6 Å². The Bertz CT molecular complexity index is 290. The van der Waals surface area contributed by atoms with Crippen molar-refractivity contribution in [2.24, 2.45) is 0 Å². The van der Waals surface area contributed by atoms with Gasteiger partial charge in [-0.05, 0) is 38.1 Å². The molecule has 0 aliphatic rings. The van der Waals surface area contributed by atoms with E-state index in [4.69, 9.17) is 0 Å². The highest BCUT2D eigenvalue weighted by Gasteiger charge is 2.04. The second-order valence-corrected chi connectivity index (χ2v) is 6.02. The first-order chi connectivity index (χ1) is 7.00. The summed E-state index contributed by atoms with van der Waals surface area (Å²) in [5, 5.41) is 0.652. The molecule has 15 heavy (non-hydrogen) atoms. The molecule has 0 saturated carbocycles. The number of hydrogen-bond acceptors (Lipinski definition) is 2. The van der Waals surface area contributed by atoms with E-state index in [0.29, 0.717) is 11.3 Å². The van der Waals surface area contributed by atoms with Crippen molar-refractivity contribution in [3.63, 3.8) is 0 Å². The molecule has 0 saturated heterocycles. The van der Waals surface area contributed by atoms with Gasteiger partial charge in [-0.1, -0.05) is 13.8 Å². The van der Waals surface area contributed by atoms with Crippen molar-refractivity contribution in [1.29, 1.82) is 0 Å². The molecule has 0 amide bonds. The Morgan fingerprint density at radius 1 is 1.00 bits per heavy atom. The topological polar surface area (TPSA) is 3.24 Å². The number of benzene rings is 1. The lowest BCUT2D eigenvalue weighted by Crippen LogP contribution is -2.25. The summed E-state index contributed by atoms with van der Waals surface area (Å²) in [6.07, 6.45) is 0. The Morgan fingerprint density at radius 3 is 1.93 bits per heavy atom. The highest BCUT2D eigenvalue weighted by molar-refractivity contribution is 7.99. The molecule has 1 rings (SSSR count). The molecule has 1 nitrogen and oxygen atoms in total. The van der Waals surface area contributed by atoms with E-state index < -0.39 is 0 Å². The van der Waals surface area contributed by atoms with Crippen molar-refractivity contribution in [1.82, 2.24) is 0 Å². The number of hydrogen-bond donors (Lipinski definition) is 0. The summed E-state index contributed by atoms with van der Waals surface area (Å²) in [4.78, 5) is 3.63. The van der Waals surface area contributed by atoms with E-state index in [1.54, 1.807) is 0 Å². The Hall–Kier alpha value is -0.630. The van der Waals surface area contributed by atoms with Gasteiger partial charge in [0.2, 0.25) is 0 Å². The molecule has 2 heteroatoms. The normalized spacial score (nSPS) is 11.1. The lowest BCUT2D eigenvalue weighted by molar-refractivity contribution is 0.754. The molecule has 0 fully saturated rings. The molecule has 0 radical (unpaired) electrons. The SMILES string of the molecule is CC(C)Sc1ccc(N(C)C(C)C)cc1. The van der Waals surface area contributed by atoms with Crippen molar-refractivity contribution in [3.05, 3.63) is 24.3 Å². The fourth-order valence-corrected chi connectivity index (χ4v) is 2.17. The molecule has 84 valence electrons. The van der Waals surface area contributed by atoms with Crippen LogP contribution in [0.25, 0.3) is 0 Å². The average molecular weight is 223 g/mol. The zero-order valence-corrected chi connectivity index (χ0v) is 11.1. The van der Waals surface area contributed by atoms with E-state index in [1.807, 2.05) is 11.8 Å². The Morgan fingerprint density at radius 2 is 1.53 bits per heavy atom. The van der Waals surface area contributed by atoms with Crippen LogP contribution in [-0.4, -0.2) is 18.3 Å². The zero-order valence-electron chi connectivity index (χ0n) is 10.3. The summed E-state index contributed by atoms with van der Waals surface area (Å²) in [6, 6.07) is 9.36. The van der Waals surface area contributed by atoms with Crippen molar-refractivity contribution in [2.45, 2.75) is 43.9 Å². The minimum atomic E-state index is 0.550. The third-order valence-electron chi connectivity index (χ3n) is 2.39. The summed E-state index contributed by atoms with van der Waals surface area (Å²) >= 11 is 1.91. The van der Waals surface area contributed by atoms with Crippen LogP contribution in [0, 0.1) is 0 Å². The van der Waals surface area contributed by atoms with Crippen LogP contribution in [0.15, 0.2) is 29.2 Å². The molecule has 0 aliphatic heterocycles. The third kappa shape index (κ3) is 3.78. The van der Waals surface area contributed by atoms with Crippen molar-refractivity contribution in [2.75, 3.05) is 11.9 Å². The molecule has 0 spiro atoms. The first-order valence-corrected chi connectivity index (χ1v) is 6.38. The molecular formula is C13H21NS. The predicted molar refractivity (Wildman–Crippen MR) is 71.0 cm³/mol. The molecule has 1 aromatic carbocycles. The van der Waals surface area contributed by atoms with E-state index in [9.17, 15) is 0 Å². The first kappa shape index (κ1) is 12.4. The van der Waals surface area contributed by atoms with Gasteiger partial charge in [0.05, 0.1) is 0 Å². The van der Waals surface area contributed by atoms with Crippen molar-refractivity contribution >= 4 is 17.4 Å². The van der Waals surface area contributed by atoms with Crippen LogP contribution in [-0.2, 0) is 0 Å². The summed E-state index contributed by atoms with van der Waals surface area (Å²) in [7, 11) is 2.13. The zero-order chi connectivity index (χ0) is 11.4. The standard InChI is InChI=1S/C13H21NS/c1-10(2)14(5)12-6-8-13(9-7-12)15-11(3)4/h6-11H,1-5H3. The van der Waals surface area contributed by atoms with Crippen LogP contribution >= 0.6 is 11.8 Å². The van der Waals surface area contributed by atoms with Gasteiger partial charge in [0, 0.05) is 28.9 Å². The summed E-state index contributed by atoms with van der Waals surface area (Å²) < 4.78 is 0. The second-order valence-electron chi connectivity index (χ2n) is 4.37. The Balaban J connectivity index is 2.72. The summed E-state index contributed by atoms with van der Waals surface area (Å²) in [6.45, 7) is 8.85. The van der Waals surface area contributed by atoms with Crippen LogP contribution in [0.1, 0.15) is 27.7 Å². The van der Waals surface area contributed by atoms with Gasteiger partial charge in [0.25, 0.3) is 0 Å². The minimum Gasteiger partial charge on any atom is -0.372 e. The Labute approximate surface area is 97.9 Å². The lowest BCUT2D eigenvalue weighted by atomic mass is 10.2. The van der Waals surface area contributed by atoms with Crippen LogP contribution < -0.4 is 4.90 Å². The van der Waals surface area contributed by atoms with Gasteiger partial charge in [-0.2, -0.15) is 0 Å². The quantitative estimate of drug-likeness (QED) is 0.709. The van der Waals surface area contributed by atoms with Gasteiger partial charge in [-0.3, -0.25) is 0 Å². The van der Waals surface area contributed by atoms with Crippen molar-refractivity contribution < 1.29 is 0 Å². The lowest BCUT2D eigenvalue weighted by Gasteiger charge is -2.23. The van der Waals surface area contributed by atoms with E-state index >= 15 is 0 Å². The van der Waals surface area contributed by atoms with Crippen LogP contribution in [0.5, 0.6) is 0 Å². The average Bonchev–Trinajstić information content (AvgIpc) is 2.17.